The van der Waals surface area contributed by atoms with Crippen LogP contribution >= 0.6 is 0 Å². The van der Waals surface area contributed by atoms with E-state index in [1.54, 1.807) is 12.1 Å². The summed E-state index contributed by atoms with van der Waals surface area (Å²) in [6.07, 6.45) is 0.648. The van der Waals surface area contributed by atoms with Crippen LogP contribution in [0.3, 0.4) is 0 Å². The van der Waals surface area contributed by atoms with Gasteiger partial charge in [0.15, 0.2) is 0 Å². The van der Waals surface area contributed by atoms with Crippen molar-refractivity contribution < 1.29 is 4.92 Å². The molecule has 0 aliphatic carbocycles. The molecule has 0 heterocycles. The van der Waals surface area contributed by atoms with Gasteiger partial charge in [-0.05, 0) is 29.9 Å². The van der Waals surface area contributed by atoms with Gasteiger partial charge in [0.25, 0.3) is 5.69 Å². The van der Waals surface area contributed by atoms with E-state index in [1.165, 1.54) is 0 Å². The largest absolute Gasteiger partial charge is 0.365 e. The molecule has 5 nitrogen and oxygen atoms in total. The molecule has 1 atom stereocenters. The molecule has 5 heteroatoms. The molecule has 126 valence electrons. The first-order valence-corrected chi connectivity index (χ1v) is 8.23. The summed E-state index contributed by atoms with van der Waals surface area (Å²) in [5.74, 6) is 0.525. The zero-order valence-corrected chi connectivity index (χ0v) is 14.7. The molecule has 1 aromatic carbocycles. The summed E-state index contributed by atoms with van der Waals surface area (Å²) in [4.78, 5) is 13.3. The van der Waals surface area contributed by atoms with Crippen LogP contribution in [0.25, 0.3) is 0 Å². The Morgan fingerprint density at radius 2 is 1.78 bits per heavy atom. The van der Waals surface area contributed by atoms with E-state index in [4.69, 9.17) is 0 Å². The van der Waals surface area contributed by atoms with E-state index in [0.717, 1.165) is 18.7 Å². The van der Waals surface area contributed by atoms with E-state index in [1.807, 2.05) is 13.0 Å². The van der Waals surface area contributed by atoms with Crippen LogP contribution < -0.4 is 4.90 Å². The normalized spacial score (nSPS) is 12.3. The van der Waals surface area contributed by atoms with Crippen LogP contribution in [-0.2, 0) is 0 Å². The topological polar surface area (TPSA) is 70.2 Å². The van der Waals surface area contributed by atoms with E-state index >= 15 is 0 Å². The SMILES string of the molecule is CCC(C#N)c1ccc(N(CC(C)C)CC(C)C)c([N+](=O)[O-])c1. The van der Waals surface area contributed by atoms with Gasteiger partial charge in [-0.3, -0.25) is 10.1 Å². The number of hydrogen-bond acceptors (Lipinski definition) is 4. The van der Waals surface area contributed by atoms with Gasteiger partial charge >= 0.3 is 0 Å². The Hall–Kier alpha value is -2.09. The second kappa shape index (κ2) is 8.52. The lowest BCUT2D eigenvalue weighted by Gasteiger charge is -2.28. The monoisotopic (exact) mass is 317 g/mol. The van der Waals surface area contributed by atoms with Crippen LogP contribution in [0.4, 0.5) is 11.4 Å². The second-order valence-corrected chi connectivity index (χ2v) is 6.79. The molecular weight excluding hydrogens is 290 g/mol. The lowest BCUT2D eigenvalue weighted by Crippen LogP contribution is -2.31. The fourth-order valence-corrected chi connectivity index (χ4v) is 2.73. The van der Waals surface area contributed by atoms with Crippen molar-refractivity contribution in [3.8, 4) is 6.07 Å². The molecule has 1 unspecified atom stereocenters. The molecule has 0 fully saturated rings. The number of nitrogens with zero attached hydrogens (tertiary/aromatic N) is 3. The molecule has 0 aliphatic rings. The highest BCUT2D eigenvalue weighted by Gasteiger charge is 2.23. The quantitative estimate of drug-likeness (QED) is 0.513. The first kappa shape index (κ1) is 19.0. The number of nitro groups is 1. The van der Waals surface area contributed by atoms with E-state index in [9.17, 15) is 15.4 Å². The molecule has 0 saturated carbocycles. The lowest BCUT2D eigenvalue weighted by molar-refractivity contribution is -0.384. The summed E-state index contributed by atoms with van der Waals surface area (Å²) in [6, 6.07) is 7.44. The summed E-state index contributed by atoms with van der Waals surface area (Å²) in [7, 11) is 0. The zero-order chi connectivity index (χ0) is 17.6. The van der Waals surface area contributed by atoms with Crippen LogP contribution in [0.1, 0.15) is 52.5 Å². The fourth-order valence-electron chi connectivity index (χ4n) is 2.73. The molecular formula is C18H27N3O2. The first-order chi connectivity index (χ1) is 10.8. The van der Waals surface area contributed by atoms with Crippen molar-refractivity contribution in [3.63, 3.8) is 0 Å². The molecule has 1 rings (SSSR count). The van der Waals surface area contributed by atoms with Gasteiger partial charge in [-0.25, -0.2) is 0 Å². The Morgan fingerprint density at radius 3 is 2.17 bits per heavy atom. The highest BCUT2D eigenvalue weighted by molar-refractivity contribution is 5.65. The van der Waals surface area contributed by atoms with Gasteiger partial charge in [0.05, 0.1) is 16.9 Å². The number of nitro benzene ring substituents is 1. The number of nitriles is 1. The number of anilines is 1. The van der Waals surface area contributed by atoms with E-state index in [0.29, 0.717) is 23.9 Å². The van der Waals surface area contributed by atoms with Crippen LogP contribution in [0, 0.1) is 33.3 Å². The fraction of sp³-hybridized carbons (Fsp3) is 0.611. The number of benzene rings is 1. The predicted octanol–water partition coefficient (Wildman–Crippen LogP) is 4.73. The Labute approximate surface area is 139 Å². The van der Waals surface area contributed by atoms with Gasteiger partial charge in [0, 0.05) is 19.2 Å². The van der Waals surface area contributed by atoms with Crippen molar-refractivity contribution in [2.75, 3.05) is 18.0 Å². The summed E-state index contributed by atoms with van der Waals surface area (Å²) in [6.45, 7) is 11.9. The lowest BCUT2D eigenvalue weighted by atomic mass is 9.96. The van der Waals surface area contributed by atoms with E-state index in [-0.39, 0.29) is 16.5 Å². The molecule has 0 amide bonds. The molecule has 0 spiro atoms. The maximum absolute atomic E-state index is 11.5. The zero-order valence-electron chi connectivity index (χ0n) is 14.7. The van der Waals surface area contributed by atoms with Gasteiger partial charge in [-0.15, -0.1) is 0 Å². The minimum atomic E-state index is -0.337. The predicted molar refractivity (Wildman–Crippen MR) is 93.6 cm³/mol. The van der Waals surface area contributed by atoms with Gasteiger partial charge < -0.3 is 4.90 Å². The average Bonchev–Trinajstić information content (AvgIpc) is 2.46. The number of hydrogen-bond donors (Lipinski definition) is 0. The summed E-state index contributed by atoms with van der Waals surface area (Å²) < 4.78 is 0. The molecule has 0 bridgehead atoms. The van der Waals surface area contributed by atoms with Crippen molar-refractivity contribution in [1.82, 2.24) is 0 Å². The third kappa shape index (κ3) is 5.24. The summed E-state index contributed by atoms with van der Waals surface area (Å²) >= 11 is 0. The molecule has 23 heavy (non-hydrogen) atoms. The van der Waals surface area contributed by atoms with Crippen molar-refractivity contribution in [2.45, 2.75) is 47.0 Å². The summed E-state index contributed by atoms with van der Waals surface area (Å²) in [5, 5.41) is 20.7. The van der Waals surface area contributed by atoms with Crippen LogP contribution in [0.2, 0.25) is 0 Å². The van der Waals surface area contributed by atoms with Gasteiger partial charge in [0.2, 0.25) is 0 Å². The van der Waals surface area contributed by atoms with Crippen LogP contribution in [0.5, 0.6) is 0 Å². The Morgan fingerprint density at radius 1 is 1.22 bits per heavy atom. The minimum Gasteiger partial charge on any atom is -0.365 e. The molecule has 0 saturated heterocycles. The molecule has 0 aromatic heterocycles. The highest BCUT2D eigenvalue weighted by atomic mass is 16.6. The summed E-state index contributed by atoms with van der Waals surface area (Å²) in [5.41, 5.74) is 1.46. The third-order valence-corrected chi connectivity index (χ3v) is 3.67. The van der Waals surface area contributed by atoms with Gasteiger partial charge in [0.1, 0.15) is 5.69 Å². The van der Waals surface area contributed by atoms with Crippen molar-refractivity contribution >= 4 is 11.4 Å². The molecule has 1 aromatic rings. The number of rotatable bonds is 8. The minimum absolute atomic E-state index is 0.0949. The van der Waals surface area contributed by atoms with Gasteiger partial charge in [-0.2, -0.15) is 5.26 Å². The molecule has 0 N–H and O–H groups in total. The first-order valence-electron chi connectivity index (χ1n) is 8.23. The smallest absolute Gasteiger partial charge is 0.292 e. The van der Waals surface area contributed by atoms with E-state index < -0.39 is 0 Å². The average molecular weight is 317 g/mol. The molecule has 0 aliphatic heterocycles. The standard InChI is InChI=1S/C18H27N3O2/c1-6-15(10-19)16-7-8-17(18(9-16)21(22)23)20(11-13(2)3)12-14(4)5/h7-9,13-15H,6,11-12H2,1-5H3. The van der Waals surface area contributed by atoms with E-state index in [2.05, 4.69) is 38.7 Å². The Kier molecular flexibility index (Phi) is 7.02. The second-order valence-electron chi connectivity index (χ2n) is 6.79. The third-order valence-electron chi connectivity index (χ3n) is 3.67. The molecule has 0 radical (unpaired) electrons. The van der Waals surface area contributed by atoms with Crippen molar-refractivity contribution in [2.24, 2.45) is 11.8 Å². The van der Waals surface area contributed by atoms with Crippen LogP contribution in [-0.4, -0.2) is 18.0 Å². The van der Waals surface area contributed by atoms with Crippen molar-refractivity contribution in [3.05, 3.63) is 33.9 Å². The van der Waals surface area contributed by atoms with Gasteiger partial charge in [-0.1, -0.05) is 40.7 Å². The Balaban J connectivity index is 3.32. The Bertz CT molecular complexity index is 566. The van der Waals surface area contributed by atoms with Crippen LogP contribution in [0.15, 0.2) is 18.2 Å². The maximum atomic E-state index is 11.5. The maximum Gasteiger partial charge on any atom is 0.292 e. The van der Waals surface area contributed by atoms with Crippen molar-refractivity contribution in [1.29, 1.82) is 5.26 Å². The highest BCUT2D eigenvalue weighted by Crippen LogP contribution is 2.33.